The lowest BCUT2D eigenvalue weighted by molar-refractivity contribution is -0.00357. The summed E-state index contributed by atoms with van der Waals surface area (Å²) in [5.74, 6) is 1.63. The van der Waals surface area contributed by atoms with Crippen molar-refractivity contribution in [2.24, 2.45) is 5.92 Å². The number of nitrogens with one attached hydrogen (secondary N) is 1. The van der Waals surface area contributed by atoms with Crippen LogP contribution in [0, 0.1) is 5.92 Å². The van der Waals surface area contributed by atoms with E-state index in [1.165, 1.54) is 11.8 Å². The highest BCUT2D eigenvalue weighted by atomic mass is 32.2. The third-order valence-corrected chi connectivity index (χ3v) is 7.66. The molecule has 1 aliphatic carbocycles. The van der Waals surface area contributed by atoms with E-state index in [9.17, 15) is 8.42 Å². The molecule has 2 unspecified atom stereocenters. The third-order valence-electron chi connectivity index (χ3n) is 6.93. The standard InChI is InChI=1S/C25H35N3O3S/c1-19-16-24(27-32(2,29)30)22(17-28(19)25-10-6-7-15-26-25)18-31-23-13-11-21(12-14-23)20-8-4-3-5-9-20/h3-10,15,19,21-24,27H,11-14,16-18H2,1-2H3/t19-,21?,22?,23?,24?/m0/s1. The zero-order valence-electron chi connectivity index (χ0n) is 19.1. The maximum atomic E-state index is 12.0. The molecule has 1 aromatic carbocycles. The highest BCUT2D eigenvalue weighted by Gasteiger charge is 2.36. The van der Waals surface area contributed by atoms with Crippen LogP contribution in [0.2, 0.25) is 0 Å². The van der Waals surface area contributed by atoms with Crippen molar-refractivity contribution in [3.05, 3.63) is 60.3 Å². The van der Waals surface area contributed by atoms with E-state index in [2.05, 4.69) is 51.9 Å². The van der Waals surface area contributed by atoms with Gasteiger partial charge in [-0.15, -0.1) is 0 Å². The van der Waals surface area contributed by atoms with Crippen molar-refractivity contribution in [2.75, 3.05) is 24.3 Å². The van der Waals surface area contributed by atoms with Crippen LogP contribution in [0.4, 0.5) is 5.82 Å². The van der Waals surface area contributed by atoms with Crippen LogP contribution < -0.4 is 9.62 Å². The number of ether oxygens (including phenoxy) is 1. The van der Waals surface area contributed by atoms with Gasteiger partial charge in [-0.3, -0.25) is 0 Å². The summed E-state index contributed by atoms with van der Waals surface area (Å²) in [6, 6.07) is 16.7. The second kappa shape index (κ2) is 10.3. The Labute approximate surface area is 192 Å². The summed E-state index contributed by atoms with van der Waals surface area (Å²) in [4.78, 5) is 6.80. The number of hydrogen-bond donors (Lipinski definition) is 1. The van der Waals surface area contributed by atoms with E-state index in [1.54, 1.807) is 6.20 Å². The number of rotatable bonds is 7. The molecule has 1 aromatic heterocycles. The summed E-state index contributed by atoms with van der Waals surface area (Å²) >= 11 is 0. The van der Waals surface area contributed by atoms with Crippen molar-refractivity contribution >= 4 is 15.8 Å². The number of benzene rings is 1. The fourth-order valence-corrected chi connectivity index (χ4v) is 6.06. The second-order valence-electron chi connectivity index (χ2n) is 9.40. The molecule has 0 bridgehead atoms. The molecule has 7 heteroatoms. The van der Waals surface area contributed by atoms with Gasteiger partial charge in [-0.1, -0.05) is 36.4 Å². The van der Waals surface area contributed by atoms with Crippen LogP contribution in [0.1, 0.15) is 50.5 Å². The van der Waals surface area contributed by atoms with E-state index in [4.69, 9.17) is 4.74 Å². The maximum absolute atomic E-state index is 12.0. The molecule has 6 nitrogen and oxygen atoms in total. The van der Waals surface area contributed by atoms with Gasteiger partial charge >= 0.3 is 0 Å². The minimum atomic E-state index is -3.28. The van der Waals surface area contributed by atoms with E-state index in [-0.39, 0.29) is 24.1 Å². The molecule has 32 heavy (non-hydrogen) atoms. The highest BCUT2D eigenvalue weighted by Crippen LogP contribution is 2.35. The topological polar surface area (TPSA) is 71.5 Å². The Bertz CT molecular complexity index is 947. The first-order chi connectivity index (χ1) is 15.4. The van der Waals surface area contributed by atoms with Crippen molar-refractivity contribution < 1.29 is 13.2 Å². The average molecular weight is 458 g/mol. The molecule has 2 aromatic rings. The summed E-state index contributed by atoms with van der Waals surface area (Å²) in [7, 11) is -3.28. The predicted molar refractivity (Wildman–Crippen MR) is 128 cm³/mol. The quantitative estimate of drug-likeness (QED) is 0.681. The summed E-state index contributed by atoms with van der Waals surface area (Å²) in [6.45, 7) is 3.42. The van der Waals surface area contributed by atoms with E-state index < -0.39 is 10.0 Å². The Balaban J connectivity index is 1.37. The molecule has 2 aliphatic rings. The number of piperidine rings is 1. The van der Waals surface area contributed by atoms with Gasteiger partial charge < -0.3 is 9.64 Å². The van der Waals surface area contributed by atoms with Gasteiger partial charge in [0, 0.05) is 30.7 Å². The Morgan fingerprint density at radius 2 is 1.78 bits per heavy atom. The van der Waals surface area contributed by atoms with E-state index >= 15 is 0 Å². The number of aromatic nitrogens is 1. The minimum absolute atomic E-state index is 0.0785. The van der Waals surface area contributed by atoms with Gasteiger partial charge in [0.25, 0.3) is 0 Å². The van der Waals surface area contributed by atoms with Gasteiger partial charge in [0.05, 0.1) is 19.0 Å². The molecule has 1 aliphatic heterocycles. The first-order valence-corrected chi connectivity index (χ1v) is 13.6. The lowest BCUT2D eigenvalue weighted by atomic mass is 9.82. The average Bonchev–Trinajstić information content (AvgIpc) is 2.79. The SMILES string of the molecule is C[C@H]1CC(NS(C)(=O)=O)C(COC2CCC(c3ccccc3)CC2)CN1c1ccccn1. The molecule has 1 saturated carbocycles. The summed E-state index contributed by atoms with van der Waals surface area (Å²) in [5.41, 5.74) is 1.43. The van der Waals surface area contributed by atoms with E-state index in [0.29, 0.717) is 12.5 Å². The fourth-order valence-electron chi connectivity index (χ4n) is 5.23. The van der Waals surface area contributed by atoms with Gasteiger partial charge in [0.2, 0.25) is 10.0 Å². The zero-order valence-corrected chi connectivity index (χ0v) is 19.9. The van der Waals surface area contributed by atoms with Crippen LogP contribution in [0.3, 0.4) is 0 Å². The fraction of sp³-hybridized carbons (Fsp3) is 0.560. The number of anilines is 1. The largest absolute Gasteiger partial charge is 0.378 e. The van der Waals surface area contributed by atoms with Crippen LogP contribution in [0.15, 0.2) is 54.7 Å². The van der Waals surface area contributed by atoms with E-state index in [0.717, 1.165) is 44.5 Å². The molecule has 3 atom stereocenters. The predicted octanol–water partition coefficient (Wildman–Crippen LogP) is 3.96. The zero-order chi connectivity index (χ0) is 22.6. The van der Waals surface area contributed by atoms with Crippen molar-refractivity contribution in [2.45, 2.75) is 63.1 Å². The molecule has 2 fully saturated rings. The summed E-state index contributed by atoms with van der Waals surface area (Å²) in [5, 5.41) is 0. The third kappa shape index (κ3) is 6.09. The maximum Gasteiger partial charge on any atom is 0.208 e. The molecule has 4 rings (SSSR count). The van der Waals surface area contributed by atoms with Crippen LogP contribution in [-0.2, 0) is 14.8 Å². The molecular formula is C25H35N3O3S. The van der Waals surface area contributed by atoms with Crippen molar-refractivity contribution in [1.29, 1.82) is 0 Å². The molecule has 0 spiro atoms. The van der Waals surface area contributed by atoms with Gasteiger partial charge in [-0.05, 0) is 62.6 Å². The van der Waals surface area contributed by atoms with Crippen LogP contribution >= 0.6 is 0 Å². The monoisotopic (exact) mass is 457 g/mol. The first kappa shape index (κ1) is 23.2. The van der Waals surface area contributed by atoms with Gasteiger partial charge in [0.15, 0.2) is 0 Å². The normalized spacial score (nSPS) is 29.1. The van der Waals surface area contributed by atoms with Crippen molar-refractivity contribution in [3.8, 4) is 0 Å². The van der Waals surface area contributed by atoms with Gasteiger partial charge in [0.1, 0.15) is 5.82 Å². The molecule has 0 radical (unpaired) electrons. The molecule has 2 heterocycles. The molecule has 1 N–H and O–H groups in total. The van der Waals surface area contributed by atoms with Crippen LogP contribution in [0.5, 0.6) is 0 Å². The van der Waals surface area contributed by atoms with Crippen LogP contribution in [-0.4, -0.2) is 51.0 Å². The van der Waals surface area contributed by atoms with Gasteiger partial charge in [-0.2, -0.15) is 0 Å². The van der Waals surface area contributed by atoms with Crippen molar-refractivity contribution in [1.82, 2.24) is 9.71 Å². The lowest BCUT2D eigenvalue weighted by Crippen LogP contribution is -2.56. The molecule has 1 saturated heterocycles. The molecule has 174 valence electrons. The minimum Gasteiger partial charge on any atom is -0.378 e. The van der Waals surface area contributed by atoms with Crippen molar-refractivity contribution in [3.63, 3.8) is 0 Å². The lowest BCUT2D eigenvalue weighted by Gasteiger charge is -2.44. The van der Waals surface area contributed by atoms with Gasteiger partial charge in [-0.25, -0.2) is 18.1 Å². The molecule has 0 amide bonds. The highest BCUT2D eigenvalue weighted by molar-refractivity contribution is 7.88. The number of nitrogens with zero attached hydrogens (tertiary/aromatic N) is 2. The molecular weight excluding hydrogens is 422 g/mol. The second-order valence-corrected chi connectivity index (χ2v) is 11.2. The Morgan fingerprint density at radius 3 is 2.44 bits per heavy atom. The summed E-state index contributed by atoms with van der Waals surface area (Å²) in [6.07, 6.45) is 8.41. The Hall–Kier alpha value is -1.96. The number of pyridine rings is 1. The number of sulfonamides is 1. The smallest absolute Gasteiger partial charge is 0.208 e. The Morgan fingerprint density at radius 1 is 1.06 bits per heavy atom. The Kier molecular flexibility index (Phi) is 7.48. The number of hydrogen-bond acceptors (Lipinski definition) is 5. The first-order valence-electron chi connectivity index (χ1n) is 11.7. The van der Waals surface area contributed by atoms with E-state index in [1.807, 2.05) is 18.2 Å². The summed E-state index contributed by atoms with van der Waals surface area (Å²) < 4.78 is 33.3. The van der Waals surface area contributed by atoms with Crippen LogP contribution in [0.25, 0.3) is 0 Å².